The number of rotatable bonds is 4. The Morgan fingerprint density at radius 3 is 2.04 bits per heavy atom. The van der Waals surface area contributed by atoms with Gasteiger partial charge in [0, 0.05) is 34.1 Å². The lowest BCUT2D eigenvalue weighted by atomic mass is 10.0. The molecule has 0 bridgehead atoms. The second-order valence-electron chi connectivity index (χ2n) is 11.7. The van der Waals surface area contributed by atoms with E-state index in [-0.39, 0.29) is 0 Å². The summed E-state index contributed by atoms with van der Waals surface area (Å²) in [5.74, 6) is 0.806. The lowest BCUT2D eigenvalue weighted by Crippen LogP contribution is -2.01. The third kappa shape index (κ3) is 4.86. The van der Waals surface area contributed by atoms with Crippen LogP contribution < -0.4 is 0 Å². The fourth-order valence-corrected chi connectivity index (χ4v) is 6.58. The fourth-order valence-electron chi connectivity index (χ4n) is 6.58. The summed E-state index contributed by atoms with van der Waals surface area (Å²) < 4.78 is 8.18. The van der Waals surface area contributed by atoms with Crippen LogP contribution in [0.5, 0.6) is 0 Å². The Bertz CT molecular complexity index is 2620. The summed E-state index contributed by atoms with van der Waals surface area (Å²) in [6.45, 7) is 0. The van der Waals surface area contributed by atoms with Crippen molar-refractivity contribution in [3.8, 4) is 39.6 Å². The van der Waals surface area contributed by atoms with Crippen molar-refractivity contribution in [1.82, 2.24) is 19.5 Å². The minimum atomic E-state index is 0.788. The first-order valence-electron chi connectivity index (χ1n) is 15.9. The highest BCUT2D eigenvalue weighted by atomic mass is 16.3. The van der Waals surface area contributed by atoms with Crippen molar-refractivity contribution >= 4 is 43.5 Å². The van der Waals surface area contributed by atoms with Gasteiger partial charge in [0.05, 0.1) is 34.4 Å². The summed E-state index contributed by atoms with van der Waals surface area (Å²) in [5, 5.41) is 5.76. The van der Waals surface area contributed by atoms with Crippen LogP contribution >= 0.6 is 0 Å². The molecule has 0 spiro atoms. The van der Waals surface area contributed by atoms with Crippen LogP contribution in [0.2, 0.25) is 0 Å². The van der Waals surface area contributed by atoms with Crippen molar-refractivity contribution in [3.63, 3.8) is 0 Å². The second kappa shape index (κ2) is 11.6. The molecule has 0 amide bonds. The molecule has 0 N–H and O–H groups in total. The predicted molar refractivity (Wildman–Crippen MR) is 195 cm³/mol. The molecule has 0 saturated heterocycles. The molecular weight excluding hydrogens is 589 g/mol. The summed E-state index contributed by atoms with van der Waals surface area (Å²) in [7, 11) is 0. The average Bonchev–Trinajstić information content (AvgIpc) is 3.54. The molecule has 0 fully saturated rings. The summed E-state index contributed by atoms with van der Waals surface area (Å²) >= 11 is 0. The lowest BCUT2D eigenvalue weighted by Gasteiger charge is -2.12. The molecule has 0 aliphatic rings. The number of para-hydroxylation sites is 1. The van der Waals surface area contributed by atoms with Crippen molar-refractivity contribution < 1.29 is 4.42 Å². The van der Waals surface area contributed by atoms with E-state index in [0.717, 1.165) is 67.0 Å². The van der Waals surface area contributed by atoms with E-state index >= 15 is 0 Å². The first-order valence-corrected chi connectivity index (χ1v) is 15.9. The van der Waals surface area contributed by atoms with Gasteiger partial charge in [-0.3, -0.25) is 14.5 Å². The molecule has 9 rings (SSSR count). The van der Waals surface area contributed by atoms with Gasteiger partial charge in [0.1, 0.15) is 11.4 Å². The zero-order valence-corrected chi connectivity index (χ0v) is 25.9. The van der Waals surface area contributed by atoms with Crippen molar-refractivity contribution in [1.29, 1.82) is 0 Å². The van der Waals surface area contributed by atoms with Crippen molar-refractivity contribution in [2.75, 3.05) is 0 Å². The highest BCUT2D eigenvalue weighted by molar-refractivity contribution is 6.21. The van der Waals surface area contributed by atoms with E-state index in [4.69, 9.17) is 9.40 Å². The maximum atomic E-state index is 5.91. The van der Waals surface area contributed by atoms with Crippen LogP contribution in [-0.4, -0.2) is 19.5 Å². The normalized spacial score (nSPS) is 11.3. The van der Waals surface area contributed by atoms with Crippen LogP contribution in [0, 0.1) is 0 Å². The summed E-state index contributed by atoms with van der Waals surface area (Å²) in [5.41, 5.74) is 8.63. The van der Waals surface area contributed by atoms with Crippen LogP contribution in [-0.2, 0) is 0 Å². The number of aromatic nitrogens is 4. The molecular formula is C43H28N4O. The van der Waals surface area contributed by atoms with Gasteiger partial charge in [0.25, 0.3) is 0 Å². The van der Waals surface area contributed by atoms with Gasteiger partial charge in [-0.1, -0.05) is 84.9 Å². The quantitative estimate of drug-likeness (QED) is 0.197. The second-order valence-corrected chi connectivity index (χ2v) is 11.7. The van der Waals surface area contributed by atoms with Gasteiger partial charge in [-0.25, -0.2) is 4.98 Å². The zero-order valence-electron chi connectivity index (χ0n) is 25.9. The maximum Gasteiger partial charge on any atom is 0.139 e. The molecule has 0 unspecified atom stereocenters. The summed E-state index contributed by atoms with van der Waals surface area (Å²) in [4.78, 5) is 14.6. The minimum absolute atomic E-state index is 0.788. The van der Waals surface area contributed by atoms with Crippen LogP contribution in [0.25, 0.3) is 83.1 Å². The molecule has 4 aromatic carbocycles. The highest BCUT2D eigenvalue weighted by Crippen LogP contribution is 2.39. The van der Waals surface area contributed by atoms with E-state index in [1.165, 1.54) is 16.2 Å². The molecule has 5 aromatic heterocycles. The minimum Gasteiger partial charge on any atom is -0.464 e. The molecule has 5 nitrogen and oxygen atoms in total. The van der Waals surface area contributed by atoms with Crippen LogP contribution in [0.1, 0.15) is 0 Å². The van der Waals surface area contributed by atoms with Crippen LogP contribution in [0.15, 0.2) is 175 Å². The molecule has 9 aromatic rings. The van der Waals surface area contributed by atoms with Gasteiger partial charge >= 0.3 is 0 Å². The molecule has 5 heteroatoms. The van der Waals surface area contributed by atoms with Gasteiger partial charge < -0.3 is 4.42 Å². The Balaban J connectivity index is 1.34. The zero-order chi connectivity index (χ0) is 31.9. The number of hydrogen-bond donors (Lipinski definition) is 0. The Kier molecular flexibility index (Phi) is 6.72. The van der Waals surface area contributed by atoms with E-state index in [1.54, 1.807) is 12.5 Å². The molecule has 0 saturated carbocycles. The molecule has 0 aliphatic carbocycles. The smallest absolute Gasteiger partial charge is 0.139 e. The average molecular weight is 617 g/mol. The molecule has 0 atom stereocenters. The van der Waals surface area contributed by atoms with Gasteiger partial charge in [-0.2, -0.15) is 0 Å². The Hall–Kier alpha value is -6.59. The molecule has 0 aliphatic heterocycles. The molecule has 226 valence electrons. The monoisotopic (exact) mass is 616 g/mol. The largest absolute Gasteiger partial charge is 0.464 e. The van der Waals surface area contributed by atoms with Crippen LogP contribution in [0.4, 0.5) is 0 Å². The van der Waals surface area contributed by atoms with Crippen LogP contribution in [0.3, 0.4) is 0 Å². The van der Waals surface area contributed by atoms with Gasteiger partial charge in [-0.05, 0) is 88.6 Å². The summed E-state index contributed by atoms with van der Waals surface area (Å²) in [6, 6.07) is 52.2. The van der Waals surface area contributed by atoms with Crippen molar-refractivity contribution in [2.45, 2.75) is 0 Å². The fraction of sp³-hybridized carbons (Fsp3) is 0. The summed E-state index contributed by atoms with van der Waals surface area (Å²) in [6.07, 6.45) is 5.37. The van der Waals surface area contributed by atoms with E-state index in [9.17, 15) is 0 Å². The van der Waals surface area contributed by atoms with Crippen molar-refractivity contribution in [2.24, 2.45) is 0 Å². The van der Waals surface area contributed by atoms with Gasteiger partial charge in [0.15, 0.2) is 0 Å². The van der Waals surface area contributed by atoms with E-state index in [2.05, 4.69) is 106 Å². The van der Waals surface area contributed by atoms with Gasteiger partial charge in [0.2, 0.25) is 0 Å². The van der Waals surface area contributed by atoms with Crippen molar-refractivity contribution in [3.05, 3.63) is 170 Å². The van der Waals surface area contributed by atoms with E-state index < -0.39 is 0 Å². The number of fused-ring (bicyclic) bond motifs is 6. The predicted octanol–water partition coefficient (Wildman–Crippen LogP) is 11.0. The van der Waals surface area contributed by atoms with E-state index in [0.29, 0.717) is 0 Å². The number of nitrogens with zero attached hydrogens (tertiary/aromatic N) is 4. The Morgan fingerprint density at radius 1 is 0.458 bits per heavy atom. The van der Waals surface area contributed by atoms with E-state index in [1.807, 2.05) is 66.9 Å². The third-order valence-corrected chi connectivity index (χ3v) is 8.83. The number of pyridine rings is 3. The first kappa shape index (κ1) is 27.7. The lowest BCUT2D eigenvalue weighted by molar-refractivity contribution is 0.606. The number of hydrogen-bond acceptors (Lipinski definition) is 4. The topological polar surface area (TPSA) is 56.7 Å². The SMILES string of the molecule is c1ccc(-c2cc(-c3ccccn3)nc(-n3c4ccc(-c5cccoc6ccccc6cc5)cc4c4c5ccccc5ccc43)c2)nc1. The highest BCUT2D eigenvalue weighted by Gasteiger charge is 2.18. The number of benzene rings is 4. The first-order chi connectivity index (χ1) is 23.8. The molecule has 48 heavy (non-hydrogen) atoms. The molecule has 5 heterocycles. The molecule has 0 radical (unpaired) electrons. The Labute approximate surface area is 276 Å². The van der Waals surface area contributed by atoms with Gasteiger partial charge in [-0.15, -0.1) is 0 Å². The maximum absolute atomic E-state index is 5.91. The third-order valence-electron chi connectivity index (χ3n) is 8.83. The Morgan fingerprint density at radius 2 is 1.19 bits per heavy atom. The standard InChI is InChI=1S/C43H28N4O/c1-3-13-34-30(10-1)19-22-40-43(34)35-26-32(29-12-9-25-48-41-16-4-2-11-31(41)18-17-29)20-21-39(35)47(40)42-28-33(36-14-5-7-23-44-36)27-38(46-42)37-15-6-8-24-45-37/h1-28H.